The number of hydrogen-bond acceptors (Lipinski definition) is 5. The van der Waals surface area contributed by atoms with E-state index < -0.39 is 0 Å². The van der Waals surface area contributed by atoms with Crippen LogP contribution in [-0.4, -0.2) is 31.9 Å². The molecule has 0 spiro atoms. The molecule has 20 heavy (non-hydrogen) atoms. The van der Waals surface area contributed by atoms with Gasteiger partial charge in [-0.2, -0.15) is 0 Å². The molecular weight excluding hydrogens is 274 g/mol. The average Bonchev–Trinajstić information content (AvgIpc) is 3.04. The summed E-state index contributed by atoms with van der Waals surface area (Å²) in [4.78, 5) is 11.9. The lowest BCUT2D eigenvalue weighted by Crippen LogP contribution is -2.14. The number of anilines is 1. The van der Waals surface area contributed by atoms with Crippen LogP contribution in [-0.2, 0) is 24.7 Å². The Balaban J connectivity index is 1.58. The van der Waals surface area contributed by atoms with E-state index in [4.69, 9.17) is 0 Å². The van der Waals surface area contributed by atoms with Crippen molar-refractivity contribution in [3.8, 4) is 0 Å². The number of aromatic nitrogens is 4. The van der Waals surface area contributed by atoms with Crippen molar-refractivity contribution in [2.75, 3.05) is 11.1 Å². The smallest absolute Gasteiger partial charge is 0.234 e. The number of thioether (sulfide) groups is 1. The Kier molecular flexibility index (Phi) is 3.68. The van der Waals surface area contributed by atoms with Crippen molar-refractivity contribution in [2.24, 2.45) is 7.05 Å². The summed E-state index contributed by atoms with van der Waals surface area (Å²) in [6.45, 7) is 0. The first-order valence-corrected chi connectivity index (χ1v) is 7.48. The van der Waals surface area contributed by atoms with Crippen LogP contribution >= 0.6 is 11.8 Å². The van der Waals surface area contributed by atoms with Gasteiger partial charge in [0.25, 0.3) is 0 Å². The van der Waals surface area contributed by atoms with Gasteiger partial charge in [0.05, 0.1) is 5.75 Å². The minimum atomic E-state index is -0.0454. The van der Waals surface area contributed by atoms with E-state index in [1.807, 2.05) is 6.07 Å². The third-order valence-electron chi connectivity index (χ3n) is 3.30. The maximum absolute atomic E-state index is 11.9. The topological polar surface area (TPSA) is 72.7 Å². The standard InChI is InChI=1S/C13H15N5OS/c1-18-13(15-16-17-18)20-8-12(19)14-11-6-5-9-3-2-4-10(9)7-11/h5-7H,2-4,8H2,1H3,(H,14,19). The highest BCUT2D eigenvalue weighted by molar-refractivity contribution is 7.99. The van der Waals surface area contributed by atoms with Crippen molar-refractivity contribution in [1.29, 1.82) is 0 Å². The number of aryl methyl sites for hydroxylation is 3. The average molecular weight is 289 g/mol. The quantitative estimate of drug-likeness (QED) is 0.862. The first-order chi connectivity index (χ1) is 9.72. The highest BCUT2D eigenvalue weighted by Crippen LogP contribution is 2.25. The molecule has 0 saturated heterocycles. The van der Waals surface area contributed by atoms with Crippen LogP contribution in [0.2, 0.25) is 0 Å². The van der Waals surface area contributed by atoms with Crippen molar-refractivity contribution in [2.45, 2.75) is 24.4 Å². The molecule has 0 unspecified atom stereocenters. The predicted molar refractivity (Wildman–Crippen MR) is 76.6 cm³/mol. The van der Waals surface area contributed by atoms with Crippen molar-refractivity contribution in [1.82, 2.24) is 20.2 Å². The molecule has 1 amide bonds. The van der Waals surface area contributed by atoms with Gasteiger partial charge >= 0.3 is 0 Å². The highest BCUT2D eigenvalue weighted by atomic mass is 32.2. The maximum Gasteiger partial charge on any atom is 0.234 e. The van der Waals surface area contributed by atoms with Gasteiger partial charge in [0.2, 0.25) is 11.1 Å². The van der Waals surface area contributed by atoms with Gasteiger partial charge in [-0.1, -0.05) is 17.8 Å². The predicted octanol–water partition coefficient (Wildman–Crippen LogP) is 1.43. The van der Waals surface area contributed by atoms with Crippen molar-refractivity contribution < 1.29 is 4.79 Å². The number of carbonyl (C=O) groups excluding carboxylic acids is 1. The van der Waals surface area contributed by atoms with Crippen LogP contribution in [0.3, 0.4) is 0 Å². The number of nitrogens with zero attached hydrogens (tertiary/aromatic N) is 4. The molecule has 1 aromatic heterocycles. The number of amides is 1. The zero-order chi connectivity index (χ0) is 13.9. The molecule has 0 atom stereocenters. The van der Waals surface area contributed by atoms with Crippen LogP contribution in [0.1, 0.15) is 17.5 Å². The Morgan fingerprint density at radius 2 is 2.25 bits per heavy atom. The van der Waals surface area contributed by atoms with E-state index >= 15 is 0 Å². The van der Waals surface area contributed by atoms with Crippen LogP contribution in [0.4, 0.5) is 5.69 Å². The summed E-state index contributed by atoms with van der Waals surface area (Å²) in [5.41, 5.74) is 3.63. The Labute approximate surface area is 120 Å². The summed E-state index contributed by atoms with van der Waals surface area (Å²) in [6.07, 6.45) is 3.47. The van der Waals surface area contributed by atoms with Gasteiger partial charge in [-0.15, -0.1) is 5.10 Å². The van der Waals surface area contributed by atoms with Gasteiger partial charge in [0, 0.05) is 12.7 Å². The lowest BCUT2D eigenvalue weighted by molar-refractivity contribution is -0.113. The largest absolute Gasteiger partial charge is 0.325 e. The number of carbonyl (C=O) groups is 1. The van der Waals surface area contributed by atoms with Gasteiger partial charge in [0.15, 0.2) is 0 Å². The number of tetrazole rings is 1. The minimum Gasteiger partial charge on any atom is -0.325 e. The summed E-state index contributed by atoms with van der Waals surface area (Å²) < 4.78 is 1.55. The summed E-state index contributed by atoms with van der Waals surface area (Å²) >= 11 is 1.32. The van der Waals surface area contributed by atoms with Crippen LogP contribution in [0.25, 0.3) is 0 Å². The summed E-state index contributed by atoms with van der Waals surface area (Å²) in [5.74, 6) is 0.252. The van der Waals surface area contributed by atoms with Gasteiger partial charge in [0.1, 0.15) is 0 Å². The monoisotopic (exact) mass is 289 g/mol. The zero-order valence-corrected chi connectivity index (χ0v) is 12.0. The van der Waals surface area contributed by atoms with Crippen LogP contribution < -0.4 is 5.32 Å². The first kappa shape index (κ1) is 13.1. The summed E-state index contributed by atoms with van der Waals surface area (Å²) in [5, 5.41) is 14.6. The lowest BCUT2D eigenvalue weighted by atomic mass is 10.1. The van der Waals surface area contributed by atoms with Crippen LogP contribution in [0.15, 0.2) is 23.4 Å². The maximum atomic E-state index is 11.9. The molecule has 6 nitrogen and oxygen atoms in total. The number of fused-ring (bicyclic) bond motifs is 1. The van der Waals surface area contributed by atoms with Crippen molar-refractivity contribution in [3.63, 3.8) is 0 Å². The third-order valence-corrected chi connectivity index (χ3v) is 4.31. The SMILES string of the molecule is Cn1nnnc1SCC(=O)Nc1ccc2c(c1)CCC2. The molecular formula is C13H15N5OS. The second-order valence-electron chi connectivity index (χ2n) is 4.76. The van der Waals surface area contributed by atoms with Crippen molar-refractivity contribution in [3.05, 3.63) is 29.3 Å². The molecule has 2 aromatic rings. The minimum absolute atomic E-state index is 0.0454. The number of nitrogens with one attached hydrogen (secondary N) is 1. The number of hydrogen-bond donors (Lipinski definition) is 1. The summed E-state index contributed by atoms with van der Waals surface area (Å²) in [6, 6.07) is 6.16. The molecule has 7 heteroatoms. The molecule has 1 aliphatic rings. The second kappa shape index (κ2) is 5.62. The van der Waals surface area contributed by atoms with E-state index in [9.17, 15) is 4.79 Å². The Morgan fingerprint density at radius 1 is 1.40 bits per heavy atom. The molecule has 0 radical (unpaired) electrons. The molecule has 1 aliphatic carbocycles. The van der Waals surface area contributed by atoms with Crippen LogP contribution in [0, 0.1) is 0 Å². The van der Waals surface area contributed by atoms with Gasteiger partial charge in [-0.25, -0.2) is 4.68 Å². The van der Waals surface area contributed by atoms with E-state index in [-0.39, 0.29) is 5.91 Å². The Bertz CT molecular complexity index is 639. The molecule has 0 fully saturated rings. The molecule has 1 aromatic carbocycles. The lowest BCUT2D eigenvalue weighted by Gasteiger charge is -2.07. The van der Waals surface area contributed by atoms with Gasteiger partial charge in [-0.05, 0) is 52.9 Å². The zero-order valence-electron chi connectivity index (χ0n) is 11.2. The molecule has 3 rings (SSSR count). The van der Waals surface area contributed by atoms with E-state index in [0.717, 1.165) is 18.5 Å². The van der Waals surface area contributed by atoms with Gasteiger partial charge < -0.3 is 5.32 Å². The summed E-state index contributed by atoms with van der Waals surface area (Å²) in [7, 11) is 1.75. The van der Waals surface area contributed by atoms with Crippen molar-refractivity contribution >= 4 is 23.4 Å². The molecule has 0 aliphatic heterocycles. The van der Waals surface area contributed by atoms with Gasteiger partial charge in [-0.3, -0.25) is 4.79 Å². The molecule has 1 heterocycles. The fraction of sp³-hybridized carbons (Fsp3) is 0.385. The second-order valence-corrected chi connectivity index (χ2v) is 5.70. The molecule has 0 bridgehead atoms. The van der Waals surface area contributed by atoms with E-state index in [2.05, 4.69) is 33.0 Å². The fourth-order valence-corrected chi connectivity index (χ4v) is 2.97. The van der Waals surface area contributed by atoms with E-state index in [1.165, 1.54) is 29.3 Å². The molecule has 1 N–H and O–H groups in total. The Morgan fingerprint density at radius 3 is 3.05 bits per heavy atom. The molecule has 0 saturated carbocycles. The van der Waals surface area contributed by atoms with E-state index in [0.29, 0.717) is 10.9 Å². The number of rotatable bonds is 4. The number of benzene rings is 1. The normalized spacial score (nSPS) is 13.2. The first-order valence-electron chi connectivity index (χ1n) is 6.49. The third kappa shape index (κ3) is 2.82. The highest BCUT2D eigenvalue weighted by Gasteiger charge is 2.12. The fourth-order valence-electron chi connectivity index (χ4n) is 2.32. The Hall–Kier alpha value is -1.89. The van der Waals surface area contributed by atoms with Crippen LogP contribution in [0.5, 0.6) is 0 Å². The molecule has 104 valence electrons. The van der Waals surface area contributed by atoms with E-state index in [1.54, 1.807) is 11.7 Å².